The number of nitrogens with one attached hydrogen (secondary N) is 1. The van der Waals surface area contributed by atoms with Gasteiger partial charge >= 0.3 is 0 Å². The van der Waals surface area contributed by atoms with Crippen molar-refractivity contribution in [2.45, 2.75) is 30.3 Å². The number of nitrogens with two attached hydrogens (primary N) is 1. The lowest BCUT2D eigenvalue weighted by Gasteiger charge is -2.06. The summed E-state index contributed by atoms with van der Waals surface area (Å²) in [6, 6.07) is 7.64. The molecule has 0 radical (unpaired) electrons. The molecule has 0 saturated heterocycles. The zero-order chi connectivity index (χ0) is 12.8. The quantitative estimate of drug-likeness (QED) is 0.898. The van der Waals surface area contributed by atoms with Gasteiger partial charge < -0.3 is 5.73 Å². The van der Waals surface area contributed by atoms with Crippen molar-refractivity contribution in [2.24, 2.45) is 5.73 Å². The maximum atomic E-state index is 12.4. The van der Waals surface area contributed by atoms with Crippen LogP contribution in [-0.2, 0) is 16.6 Å². The smallest absolute Gasteiger partial charge is 0.242 e. The average molecular weight is 282 g/mol. The van der Waals surface area contributed by atoms with Crippen LogP contribution in [0.1, 0.15) is 17.7 Å². The first-order valence-electron chi connectivity index (χ1n) is 5.84. The Morgan fingerprint density at radius 1 is 1.33 bits per heavy atom. The molecule has 1 aliphatic carbocycles. The van der Waals surface area contributed by atoms with Crippen molar-refractivity contribution in [1.29, 1.82) is 0 Å². The van der Waals surface area contributed by atoms with Crippen molar-refractivity contribution in [1.82, 2.24) is 4.72 Å². The largest absolute Gasteiger partial charge is 0.326 e. The van der Waals surface area contributed by atoms with Crippen LogP contribution in [0.2, 0.25) is 0 Å². The van der Waals surface area contributed by atoms with Gasteiger partial charge in [0.2, 0.25) is 10.0 Å². The van der Waals surface area contributed by atoms with E-state index in [-0.39, 0.29) is 12.6 Å². The van der Waals surface area contributed by atoms with Gasteiger partial charge in [0.25, 0.3) is 0 Å². The van der Waals surface area contributed by atoms with E-state index in [1.807, 2.05) is 24.3 Å². The summed E-state index contributed by atoms with van der Waals surface area (Å²) in [4.78, 5) is 1.10. The predicted molar refractivity (Wildman–Crippen MR) is 73.1 cm³/mol. The van der Waals surface area contributed by atoms with Crippen LogP contribution >= 0.6 is 11.3 Å². The third kappa shape index (κ3) is 2.05. The van der Waals surface area contributed by atoms with Gasteiger partial charge in [-0.15, -0.1) is 11.3 Å². The van der Waals surface area contributed by atoms with Gasteiger partial charge in [-0.3, -0.25) is 0 Å². The molecule has 1 fully saturated rings. The Morgan fingerprint density at radius 3 is 2.72 bits per heavy atom. The molecule has 0 bridgehead atoms. The molecule has 96 valence electrons. The fraction of sp³-hybridized carbons (Fsp3) is 0.333. The molecule has 18 heavy (non-hydrogen) atoms. The van der Waals surface area contributed by atoms with E-state index >= 15 is 0 Å². The Kier molecular flexibility index (Phi) is 2.90. The Morgan fingerprint density at radius 2 is 2.06 bits per heavy atom. The van der Waals surface area contributed by atoms with Crippen molar-refractivity contribution in [2.75, 3.05) is 0 Å². The van der Waals surface area contributed by atoms with Gasteiger partial charge in [0.15, 0.2) is 0 Å². The second-order valence-corrected chi connectivity index (χ2v) is 7.24. The SMILES string of the molecule is NCc1sc2ccccc2c1S(=O)(=O)NC1CC1. The topological polar surface area (TPSA) is 72.2 Å². The van der Waals surface area contributed by atoms with Gasteiger partial charge in [0.05, 0.1) is 0 Å². The van der Waals surface area contributed by atoms with Crippen molar-refractivity contribution in [3.05, 3.63) is 29.1 Å². The fourth-order valence-corrected chi connectivity index (χ4v) is 5.12. The van der Waals surface area contributed by atoms with Gasteiger partial charge in [0, 0.05) is 27.5 Å². The lowest BCUT2D eigenvalue weighted by atomic mass is 10.2. The highest BCUT2D eigenvalue weighted by molar-refractivity contribution is 7.90. The number of hydrogen-bond donors (Lipinski definition) is 2. The summed E-state index contributed by atoms with van der Waals surface area (Å²) in [7, 11) is -3.44. The van der Waals surface area contributed by atoms with E-state index < -0.39 is 10.0 Å². The number of fused-ring (bicyclic) bond motifs is 1. The molecule has 3 N–H and O–H groups in total. The molecule has 1 heterocycles. The molecule has 1 aliphatic rings. The van der Waals surface area contributed by atoms with Crippen LogP contribution < -0.4 is 10.5 Å². The van der Waals surface area contributed by atoms with Gasteiger partial charge in [-0.25, -0.2) is 13.1 Å². The lowest BCUT2D eigenvalue weighted by Crippen LogP contribution is -2.26. The summed E-state index contributed by atoms with van der Waals surface area (Å²) in [6.07, 6.45) is 1.86. The molecule has 0 amide bonds. The molecule has 4 nitrogen and oxygen atoms in total. The predicted octanol–water partition coefficient (Wildman–Crippen LogP) is 1.80. The first-order chi connectivity index (χ1) is 8.62. The molecule has 3 rings (SSSR count). The summed E-state index contributed by atoms with van der Waals surface area (Å²) >= 11 is 1.45. The second-order valence-electron chi connectivity index (χ2n) is 4.45. The number of benzene rings is 1. The molecule has 1 aromatic carbocycles. The van der Waals surface area contributed by atoms with Crippen molar-refractivity contribution in [3.8, 4) is 0 Å². The minimum absolute atomic E-state index is 0.110. The van der Waals surface area contributed by atoms with Crippen LogP contribution in [0, 0.1) is 0 Å². The Bertz CT molecular complexity index is 687. The normalized spacial score (nSPS) is 16.3. The summed E-state index contributed by atoms with van der Waals surface area (Å²) in [5, 5.41) is 0.774. The monoisotopic (exact) mass is 282 g/mol. The highest BCUT2D eigenvalue weighted by atomic mass is 32.2. The van der Waals surface area contributed by atoms with Crippen molar-refractivity contribution < 1.29 is 8.42 Å². The fourth-order valence-electron chi connectivity index (χ4n) is 1.98. The van der Waals surface area contributed by atoms with Crippen LogP contribution in [-0.4, -0.2) is 14.5 Å². The van der Waals surface area contributed by atoms with E-state index in [0.717, 1.165) is 27.8 Å². The molecular weight excluding hydrogens is 268 g/mol. The second kappa shape index (κ2) is 4.31. The van der Waals surface area contributed by atoms with Gasteiger partial charge in [-0.05, 0) is 18.9 Å². The minimum Gasteiger partial charge on any atom is -0.326 e. The van der Waals surface area contributed by atoms with Crippen LogP contribution in [0.3, 0.4) is 0 Å². The third-order valence-corrected chi connectivity index (χ3v) is 5.94. The molecular formula is C12H14N2O2S2. The van der Waals surface area contributed by atoms with Crippen molar-refractivity contribution >= 4 is 31.4 Å². The third-order valence-electron chi connectivity index (χ3n) is 2.97. The molecule has 1 saturated carbocycles. The summed E-state index contributed by atoms with van der Waals surface area (Å²) in [6.45, 7) is 0.250. The first-order valence-corrected chi connectivity index (χ1v) is 8.14. The van der Waals surface area contributed by atoms with Crippen LogP contribution in [0.5, 0.6) is 0 Å². The standard InChI is InChI=1S/C12H14N2O2S2/c13-7-11-12(18(15,16)14-8-5-6-8)9-3-1-2-4-10(9)17-11/h1-4,8,14H,5-7,13H2. The van der Waals surface area contributed by atoms with E-state index in [1.54, 1.807) is 0 Å². The molecule has 0 aliphatic heterocycles. The molecule has 0 spiro atoms. The maximum absolute atomic E-state index is 12.4. The lowest BCUT2D eigenvalue weighted by molar-refractivity contribution is 0.581. The molecule has 1 aromatic heterocycles. The van der Waals surface area contributed by atoms with E-state index in [4.69, 9.17) is 5.73 Å². The molecule has 0 atom stereocenters. The van der Waals surface area contributed by atoms with Crippen LogP contribution in [0.15, 0.2) is 29.2 Å². The summed E-state index contributed by atoms with van der Waals surface area (Å²) < 4.78 is 28.4. The van der Waals surface area contributed by atoms with E-state index in [0.29, 0.717) is 4.90 Å². The van der Waals surface area contributed by atoms with E-state index in [1.165, 1.54) is 11.3 Å². The van der Waals surface area contributed by atoms with Gasteiger partial charge in [-0.1, -0.05) is 18.2 Å². The maximum Gasteiger partial charge on any atom is 0.242 e. The number of hydrogen-bond acceptors (Lipinski definition) is 4. The van der Waals surface area contributed by atoms with Crippen LogP contribution in [0.25, 0.3) is 10.1 Å². The van der Waals surface area contributed by atoms with Gasteiger partial charge in [-0.2, -0.15) is 0 Å². The van der Waals surface area contributed by atoms with Crippen molar-refractivity contribution in [3.63, 3.8) is 0 Å². The number of sulfonamides is 1. The minimum atomic E-state index is -3.44. The Balaban J connectivity index is 2.19. The van der Waals surface area contributed by atoms with E-state index in [9.17, 15) is 8.42 Å². The zero-order valence-corrected chi connectivity index (χ0v) is 11.4. The molecule has 2 aromatic rings. The number of rotatable bonds is 4. The Hall–Kier alpha value is -0.950. The first kappa shape index (κ1) is 12.1. The van der Waals surface area contributed by atoms with Crippen LogP contribution in [0.4, 0.5) is 0 Å². The highest BCUT2D eigenvalue weighted by Crippen LogP contribution is 2.35. The summed E-state index contributed by atoms with van der Waals surface area (Å²) in [5.74, 6) is 0. The van der Waals surface area contributed by atoms with Gasteiger partial charge in [0.1, 0.15) is 4.90 Å². The summed E-state index contributed by atoms with van der Waals surface area (Å²) in [5.41, 5.74) is 5.68. The number of thiophene rings is 1. The zero-order valence-electron chi connectivity index (χ0n) is 9.72. The highest BCUT2D eigenvalue weighted by Gasteiger charge is 2.31. The molecule has 0 unspecified atom stereocenters. The van der Waals surface area contributed by atoms with E-state index in [2.05, 4.69) is 4.72 Å². The molecule has 6 heteroatoms. The Labute approximate surface area is 110 Å². The average Bonchev–Trinajstić information content (AvgIpc) is 3.05.